The fourth-order valence-electron chi connectivity index (χ4n) is 1.81. The molecule has 2 aromatic rings. The van der Waals surface area contributed by atoms with E-state index in [1.165, 1.54) is 50.6 Å². The number of nitrogens with zero attached hydrogens (tertiary/aromatic N) is 1. The Morgan fingerprint density at radius 1 is 1.30 bits per heavy atom. The van der Waals surface area contributed by atoms with Gasteiger partial charge in [0.05, 0.1) is 29.0 Å². The van der Waals surface area contributed by atoms with Crippen LogP contribution in [0.2, 0.25) is 0 Å². The lowest BCUT2D eigenvalue weighted by molar-refractivity contribution is 0.102. The first-order chi connectivity index (χ1) is 10.9. The molecule has 0 fully saturated rings. The largest absolute Gasteiger partial charge is 0.506 e. The molecular formula is C15H16N2O5S. The quantitative estimate of drug-likeness (QED) is 0.807. The molecule has 0 atom stereocenters. The highest BCUT2D eigenvalue weighted by Gasteiger charge is 2.16. The normalized spacial score (nSPS) is 11.0. The van der Waals surface area contributed by atoms with Crippen LogP contribution in [0.25, 0.3) is 0 Å². The molecule has 0 aliphatic carbocycles. The minimum atomic E-state index is -3.44. The summed E-state index contributed by atoms with van der Waals surface area (Å²) in [6.45, 7) is 1.52. The van der Waals surface area contributed by atoms with E-state index in [-0.39, 0.29) is 27.6 Å². The fraction of sp³-hybridized carbons (Fsp3) is 0.200. The summed E-state index contributed by atoms with van der Waals surface area (Å²) in [4.78, 5) is 16.1. The number of rotatable bonds is 5. The van der Waals surface area contributed by atoms with Crippen molar-refractivity contribution in [3.05, 3.63) is 42.1 Å². The number of carbonyl (C=O) groups excluding carboxylic acids is 1. The number of hydrogen-bond acceptors (Lipinski definition) is 6. The Labute approximate surface area is 133 Å². The van der Waals surface area contributed by atoms with Gasteiger partial charge in [0.25, 0.3) is 5.91 Å². The minimum absolute atomic E-state index is 0.0142. The number of anilines is 1. The van der Waals surface area contributed by atoms with E-state index in [2.05, 4.69) is 10.3 Å². The van der Waals surface area contributed by atoms with Gasteiger partial charge in [-0.2, -0.15) is 0 Å². The number of amides is 1. The molecule has 1 heterocycles. The van der Waals surface area contributed by atoms with Gasteiger partial charge in [-0.3, -0.25) is 4.79 Å². The molecule has 122 valence electrons. The topological polar surface area (TPSA) is 106 Å². The molecule has 8 heteroatoms. The number of aromatic nitrogens is 1. The number of benzene rings is 1. The number of carbonyl (C=O) groups is 1. The minimum Gasteiger partial charge on any atom is -0.506 e. The van der Waals surface area contributed by atoms with Crippen molar-refractivity contribution < 1.29 is 23.1 Å². The van der Waals surface area contributed by atoms with Crippen LogP contribution in [0.15, 0.2) is 41.4 Å². The summed E-state index contributed by atoms with van der Waals surface area (Å²) in [5, 5.41) is 12.3. The van der Waals surface area contributed by atoms with Gasteiger partial charge >= 0.3 is 0 Å². The third-order valence-electron chi connectivity index (χ3n) is 3.16. The van der Waals surface area contributed by atoms with Crippen LogP contribution in [-0.4, -0.2) is 37.3 Å². The molecule has 7 nitrogen and oxygen atoms in total. The summed E-state index contributed by atoms with van der Waals surface area (Å²) >= 11 is 0. The molecule has 0 bridgehead atoms. The van der Waals surface area contributed by atoms with Gasteiger partial charge in [-0.25, -0.2) is 13.4 Å². The molecule has 0 saturated carbocycles. The van der Waals surface area contributed by atoms with Gasteiger partial charge < -0.3 is 15.2 Å². The maximum Gasteiger partial charge on any atom is 0.257 e. The first-order valence-corrected chi connectivity index (χ1v) is 8.39. The standard InChI is InChI=1S/C15H16N2O5S/c1-3-23(20,21)11-5-6-13(18)12(8-11)17-15(19)10-4-7-14(22-2)16-9-10/h4-9,18H,3H2,1-2H3,(H,17,19). The van der Waals surface area contributed by atoms with Crippen LogP contribution in [0.3, 0.4) is 0 Å². The Morgan fingerprint density at radius 3 is 2.61 bits per heavy atom. The van der Waals surface area contributed by atoms with Gasteiger partial charge in [0.1, 0.15) is 5.75 Å². The number of phenolic OH excluding ortho intramolecular Hbond substituents is 1. The lowest BCUT2D eigenvalue weighted by Crippen LogP contribution is -2.13. The van der Waals surface area contributed by atoms with Crippen LogP contribution < -0.4 is 10.1 Å². The third kappa shape index (κ3) is 3.78. The Bertz CT molecular complexity index is 816. The summed E-state index contributed by atoms with van der Waals surface area (Å²) in [5.74, 6) is -0.468. The zero-order chi connectivity index (χ0) is 17.0. The molecular weight excluding hydrogens is 320 g/mol. The number of methoxy groups -OCH3 is 1. The second-order valence-electron chi connectivity index (χ2n) is 4.63. The number of aromatic hydroxyl groups is 1. The number of phenols is 1. The van der Waals surface area contributed by atoms with Crippen molar-refractivity contribution in [2.24, 2.45) is 0 Å². The highest BCUT2D eigenvalue weighted by atomic mass is 32.2. The van der Waals surface area contributed by atoms with Crippen LogP contribution in [0, 0.1) is 0 Å². The van der Waals surface area contributed by atoms with Crippen molar-refractivity contribution in [3.8, 4) is 11.6 Å². The number of sulfone groups is 1. The summed E-state index contributed by atoms with van der Waals surface area (Å²) in [6, 6.07) is 6.77. The molecule has 1 aromatic heterocycles. The average Bonchev–Trinajstić information content (AvgIpc) is 2.56. The second kappa shape index (κ2) is 6.66. The lowest BCUT2D eigenvalue weighted by Gasteiger charge is -2.10. The molecule has 23 heavy (non-hydrogen) atoms. The van der Waals surface area contributed by atoms with E-state index in [9.17, 15) is 18.3 Å². The van der Waals surface area contributed by atoms with Gasteiger partial charge in [-0.15, -0.1) is 0 Å². The van der Waals surface area contributed by atoms with Gasteiger partial charge in [0.2, 0.25) is 5.88 Å². The van der Waals surface area contributed by atoms with Crippen molar-refractivity contribution in [3.63, 3.8) is 0 Å². The molecule has 2 N–H and O–H groups in total. The van der Waals surface area contributed by atoms with E-state index in [1.54, 1.807) is 0 Å². The first-order valence-electron chi connectivity index (χ1n) is 6.74. The van der Waals surface area contributed by atoms with Gasteiger partial charge in [-0.05, 0) is 24.3 Å². The Kier molecular flexibility index (Phi) is 4.85. The number of hydrogen-bond donors (Lipinski definition) is 2. The molecule has 1 aromatic carbocycles. The van der Waals surface area contributed by atoms with Crippen molar-refractivity contribution in [2.45, 2.75) is 11.8 Å². The summed E-state index contributed by atoms with van der Waals surface area (Å²) in [6.07, 6.45) is 1.32. The van der Waals surface area contributed by atoms with E-state index in [4.69, 9.17) is 4.74 Å². The Balaban J connectivity index is 2.28. The fourth-order valence-corrected chi connectivity index (χ4v) is 2.71. The van der Waals surface area contributed by atoms with Crippen molar-refractivity contribution in [2.75, 3.05) is 18.2 Å². The highest BCUT2D eigenvalue weighted by molar-refractivity contribution is 7.91. The average molecular weight is 336 g/mol. The van der Waals surface area contributed by atoms with E-state index >= 15 is 0 Å². The maximum absolute atomic E-state index is 12.1. The van der Waals surface area contributed by atoms with E-state index in [1.807, 2.05) is 0 Å². The van der Waals surface area contributed by atoms with E-state index in [0.717, 1.165) is 0 Å². The number of nitrogens with one attached hydrogen (secondary N) is 1. The Hall–Kier alpha value is -2.61. The third-order valence-corrected chi connectivity index (χ3v) is 4.90. The van der Waals surface area contributed by atoms with Crippen LogP contribution in [0.1, 0.15) is 17.3 Å². The molecule has 0 aliphatic rings. The van der Waals surface area contributed by atoms with Crippen molar-refractivity contribution >= 4 is 21.4 Å². The van der Waals surface area contributed by atoms with Gasteiger partial charge in [-0.1, -0.05) is 6.92 Å². The highest BCUT2D eigenvalue weighted by Crippen LogP contribution is 2.27. The van der Waals surface area contributed by atoms with Crippen molar-refractivity contribution in [1.29, 1.82) is 0 Å². The van der Waals surface area contributed by atoms with Gasteiger partial charge in [0, 0.05) is 12.3 Å². The van der Waals surface area contributed by atoms with Crippen LogP contribution in [-0.2, 0) is 9.84 Å². The number of ether oxygens (including phenoxy) is 1. The summed E-state index contributed by atoms with van der Waals surface area (Å²) in [7, 11) is -1.98. The molecule has 0 spiro atoms. The Morgan fingerprint density at radius 2 is 2.04 bits per heavy atom. The molecule has 0 radical (unpaired) electrons. The first kappa shape index (κ1) is 16.8. The van der Waals surface area contributed by atoms with Crippen LogP contribution >= 0.6 is 0 Å². The second-order valence-corrected chi connectivity index (χ2v) is 6.90. The SMILES string of the molecule is CCS(=O)(=O)c1ccc(O)c(NC(=O)c2ccc(OC)nc2)c1. The smallest absolute Gasteiger partial charge is 0.257 e. The molecule has 0 unspecified atom stereocenters. The molecule has 0 aliphatic heterocycles. The number of pyridine rings is 1. The predicted octanol–water partition coefficient (Wildman–Crippen LogP) is 1.84. The van der Waals surface area contributed by atoms with E-state index < -0.39 is 15.7 Å². The zero-order valence-electron chi connectivity index (χ0n) is 12.6. The van der Waals surface area contributed by atoms with Crippen molar-refractivity contribution in [1.82, 2.24) is 4.98 Å². The molecule has 2 rings (SSSR count). The molecule has 1 amide bonds. The van der Waals surface area contributed by atoms with Gasteiger partial charge in [0.15, 0.2) is 9.84 Å². The summed E-state index contributed by atoms with van der Waals surface area (Å²) in [5.41, 5.74) is 0.259. The lowest BCUT2D eigenvalue weighted by atomic mass is 10.2. The van der Waals surface area contributed by atoms with E-state index in [0.29, 0.717) is 5.88 Å². The van der Waals surface area contributed by atoms with Crippen LogP contribution in [0.5, 0.6) is 11.6 Å². The predicted molar refractivity (Wildman–Crippen MR) is 84.6 cm³/mol. The molecule has 0 saturated heterocycles. The monoisotopic (exact) mass is 336 g/mol. The maximum atomic E-state index is 12.1. The summed E-state index contributed by atoms with van der Waals surface area (Å²) < 4.78 is 28.6. The zero-order valence-corrected chi connectivity index (χ0v) is 13.4. The van der Waals surface area contributed by atoms with Crippen LogP contribution in [0.4, 0.5) is 5.69 Å².